The van der Waals surface area contributed by atoms with Crippen molar-refractivity contribution in [2.75, 3.05) is 18.8 Å². The number of carbonyl (C=O) groups excluding carboxylic acids is 1. The van der Waals surface area contributed by atoms with Crippen LogP contribution in [0.4, 0.5) is 0 Å². The number of benzene rings is 1. The lowest BCUT2D eigenvalue weighted by Crippen LogP contribution is -2.35. The normalized spacial score (nSPS) is 23.2. The minimum atomic E-state index is -0.292. The monoisotopic (exact) mass is 333 g/mol. The summed E-state index contributed by atoms with van der Waals surface area (Å²) >= 11 is 2.91. The van der Waals surface area contributed by atoms with Crippen LogP contribution < -0.4 is 0 Å². The van der Waals surface area contributed by atoms with Crippen LogP contribution in [0.5, 0.6) is 0 Å². The molecule has 3 heterocycles. The van der Waals surface area contributed by atoms with Gasteiger partial charge in [-0.2, -0.15) is 0 Å². The van der Waals surface area contributed by atoms with Crippen molar-refractivity contribution in [1.82, 2.24) is 15.1 Å². The van der Waals surface area contributed by atoms with Crippen molar-refractivity contribution in [2.24, 2.45) is 0 Å². The molecule has 2 aliphatic rings. The number of hydrogen-bond donors (Lipinski definition) is 0. The van der Waals surface area contributed by atoms with E-state index in [9.17, 15) is 4.79 Å². The average molecular weight is 333 g/mol. The zero-order chi connectivity index (χ0) is 15.0. The van der Waals surface area contributed by atoms with Crippen LogP contribution in [-0.2, 0) is 21.7 Å². The number of rotatable bonds is 3. The first-order valence-electron chi connectivity index (χ1n) is 7.16. The van der Waals surface area contributed by atoms with Gasteiger partial charge in [0.2, 0.25) is 5.91 Å². The highest BCUT2D eigenvalue weighted by Crippen LogP contribution is 2.43. The first-order chi connectivity index (χ1) is 10.8. The number of fused-ring (bicyclic) bond motifs is 2. The second-order valence-corrected chi connectivity index (χ2v) is 7.55. The molecular weight excluding hydrogens is 318 g/mol. The zero-order valence-corrected chi connectivity index (χ0v) is 13.5. The molecule has 2 aliphatic heterocycles. The van der Waals surface area contributed by atoms with Crippen molar-refractivity contribution in [3.8, 4) is 0 Å². The molecule has 1 atom stereocenters. The van der Waals surface area contributed by atoms with E-state index in [1.807, 2.05) is 17.0 Å². The van der Waals surface area contributed by atoms with Gasteiger partial charge in [0.25, 0.3) is 0 Å². The third-order valence-corrected chi connectivity index (χ3v) is 6.10. The van der Waals surface area contributed by atoms with E-state index in [1.54, 1.807) is 5.51 Å². The molecular formula is C15H15N3O2S2. The fourth-order valence-electron chi connectivity index (χ4n) is 3.16. The SMILES string of the molecule is O=C(CSc1nncs1)N1CC[C@@]2(C1)OCc1ccccc12. The highest BCUT2D eigenvalue weighted by molar-refractivity contribution is 8.01. The third kappa shape index (κ3) is 2.43. The van der Waals surface area contributed by atoms with Gasteiger partial charge in [0, 0.05) is 6.54 Å². The van der Waals surface area contributed by atoms with Crippen LogP contribution in [0.15, 0.2) is 34.1 Å². The molecule has 1 saturated heterocycles. The Balaban J connectivity index is 1.43. The first-order valence-corrected chi connectivity index (χ1v) is 9.02. The number of amides is 1. The lowest BCUT2D eigenvalue weighted by atomic mass is 9.92. The van der Waals surface area contributed by atoms with E-state index in [1.165, 1.54) is 34.2 Å². The molecule has 1 spiro atoms. The summed E-state index contributed by atoms with van der Waals surface area (Å²) in [6.45, 7) is 2.06. The van der Waals surface area contributed by atoms with Gasteiger partial charge in [-0.1, -0.05) is 47.4 Å². The van der Waals surface area contributed by atoms with Gasteiger partial charge in [-0.25, -0.2) is 0 Å². The zero-order valence-electron chi connectivity index (χ0n) is 11.9. The predicted molar refractivity (Wildman–Crippen MR) is 84.7 cm³/mol. The van der Waals surface area contributed by atoms with Crippen molar-refractivity contribution in [1.29, 1.82) is 0 Å². The molecule has 0 radical (unpaired) electrons. The van der Waals surface area contributed by atoms with Crippen LogP contribution in [-0.4, -0.2) is 39.8 Å². The van der Waals surface area contributed by atoms with Gasteiger partial charge in [0.15, 0.2) is 4.34 Å². The molecule has 1 aromatic heterocycles. The summed E-state index contributed by atoms with van der Waals surface area (Å²) in [4.78, 5) is 14.3. The van der Waals surface area contributed by atoms with Gasteiger partial charge in [0.05, 0.1) is 18.9 Å². The van der Waals surface area contributed by atoms with Gasteiger partial charge >= 0.3 is 0 Å². The van der Waals surface area contributed by atoms with Crippen molar-refractivity contribution in [3.63, 3.8) is 0 Å². The summed E-state index contributed by atoms with van der Waals surface area (Å²) in [5, 5.41) is 7.73. The van der Waals surface area contributed by atoms with Gasteiger partial charge in [-0.15, -0.1) is 10.2 Å². The first kappa shape index (κ1) is 14.2. The number of ether oxygens (including phenoxy) is 1. The average Bonchev–Trinajstić information content (AvgIpc) is 3.28. The van der Waals surface area contributed by atoms with Crippen molar-refractivity contribution in [2.45, 2.75) is 23.0 Å². The highest BCUT2D eigenvalue weighted by atomic mass is 32.2. The molecule has 1 amide bonds. The smallest absolute Gasteiger partial charge is 0.233 e. The Morgan fingerprint density at radius 2 is 2.36 bits per heavy atom. The Labute approximate surface area is 136 Å². The number of aromatic nitrogens is 2. The Hall–Kier alpha value is -1.44. The van der Waals surface area contributed by atoms with Crippen molar-refractivity contribution in [3.05, 3.63) is 40.9 Å². The van der Waals surface area contributed by atoms with Gasteiger partial charge < -0.3 is 9.64 Å². The Kier molecular flexibility index (Phi) is 3.63. The van der Waals surface area contributed by atoms with E-state index in [0.717, 1.165) is 17.3 Å². The molecule has 2 aromatic rings. The number of thioether (sulfide) groups is 1. The number of carbonyl (C=O) groups is 1. The predicted octanol–water partition coefficient (Wildman–Crippen LogP) is 2.29. The number of nitrogens with zero attached hydrogens (tertiary/aromatic N) is 3. The maximum atomic E-state index is 12.4. The molecule has 4 rings (SSSR count). The second kappa shape index (κ2) is 5.64. The molecule has 7 heteroatoms. The van der Waals surface area contributed by atoms with Gasteiger partial charge in [0.1, 0.15) is 11.1 Å². The molecule has 1 aromatic carbocycles. The highest BCUT2D eigenvalue weighted by Gasteiger charge is 2.46. The largest absolute Gasteiger partial charge is 0.364 e. The molecule has 0 bridgehead atoms. The van der Waals surface area contributed by atoms with E-state index in [0.29, 0.717) is 18.9 Å². The molecule has 0 aliphatic carbocycles. The Morgan fingerprint density at radius 1 is 1.45 bits per heavy atom. The third-order valence-electron chi connectivity index (χ3n) is 4.26. The van der Waals surface area contributed by atoms with E-state index < -0.39 is 0 Å². The lowest BCUT2D eigenvalue weighted by Gasteiger charge is -2.24. The van der Waals surface area contributed by atoms with Crippen LogP contribution in [0.3, 0.4) is 0 Å². The lowest BCUT2D eigenvalue weighted by molar-refractivity contribution is -0.128. The maximum absolute atomic E-state index is 12.4. The van der Waals surface area contributed by atoms with E-state index in [4.69, 9.17) is 4.74 Å². The quantitative estimate of drug-likeness (QED) is 0.807. The number of likely N-dealkylation sites (tertiary alicyclic amines) is 1. The molecule has 0 unspecified atom stereocenters. The minimum Gasteiger partial charge on any atom is -0.364 e. The second-order valence-electron chi connectivity index (χ2n) is 5.50. The maximum Gasteiger partial charge on any atom is 0.233 e. The van der Waals surface area contributed by atoms with E-state index in [2.05, 4.69) is 22.3 Å². The molecule has 1 fully saturated rings. The van der Waals surface area contributed by atoms with Gasteiger partial charge in [-0.3, -0.25) is 4.79 Å². The Morgan fingerprint density at radius 3 is 3.23 bits per heavy atom. The minimum absolute atomic E-state index is 0.144. The molecule has 0 saturated carbocycles. The molecule has 114 valence electrons. The van der Waals surface area contributed by atoms with Crippen LogP contribution in [0.25, 0.3) is 0 Å². The fourth-order valence-corrected chi connectivity index (χ4v) is 4.55. The fraction of sp³-hybridized carbons (Fsp3) is 0.400. The van der Waals surface area contributed by atoms with Crippen molar-refractivity contribution < 1.29 is 9.53 Å². The molecule has 22 heavy (non-hydrogen) atoms. The standard InChI is InChI=1S/C15H15N3O2S2/c19-13(8-21-14-17-16-10-22-14)18-6-5-15(9-18)12-4-2-1-3-11(12)7-20-15/h1-4,10H,5-9H2/t15-/m0/s1. The number of hydrogen-bond acceptors (Lipinski definition) is 6. The van der Waals surface area contributed by atoms with Crippen LogP contribution in [0.1, 0.15) is 17.5 Å². The van der Waals surface area contributed by atoms with Gasteiger partial charge in [-0.05, 0) is 17.5 Å². The summed E-state index contributed by atoms with van der Waals surface area (Å²) in [7, 11) is 0. The summed E-state index contributed by atoms with van der Waals surface area (Å²) in [6, 6.07) is 8.33. The summed E-state index contributed by atoms with van der Waals surface area (Å²) in [5.41, 5.74) is 3.89. The van der Waals surface area contributed by atoms with Crippen LogP contribution in [0.2, 0.25) is 0 Å². The topological polar surface area (TPSA) is 55.3 Å². The van der Waals surface area contributed by atoms with Crippen LogP contribution in [0, 0.1) is 0 Å². The van der Waals surface area contributed by atoms with Crippen LogP contribution >= 0.6 is 23.1 Å². The van der Waals surface area contributed by atoms with E-state index >= 15 is 0 Å². The Bertz CT molecular complexity index is 692. The van der Waals surface area contributed by atoms with E-state index in [-0.39, 0.29) is 11.5 Å². The van der Waals surface area contributed by atoms with Crippen molar-refractivity contribution >= 4 is 29.0 Å². The summed E-state index contributed by atoms with van der Waals surface area (Å²) < 4.78 is 6.92. The summed E-state index contributed by atoms with van der Waals surface area (Å²) in [6.07, 6.45) is 0.874. The molecule has 0 N–H and O–H groups in total. The molecule has 5 nitrogen and oxygen atoms in total. The summed E-state index contributed by atoms with van der Waals surface area (Å²) in [5.74, 6) is 0.553.